The number of hydrogen-bond acceptors (Lipinski definition) is 7. The van der Waals surface area contributed by atoms with Gasteiger partial charge in [0.25, 0.3) is 5.95 Å². The summed E-state index contributed by atoms with van der Waals surface area (Å²) in [6.45, 7) is 9.74. The lowest BCUT2D eigenvalue weighted by Crippen LogP contribution is -2.43. The molecule has 1 N–H and O–H groups in total. The second-order valence-electron chi connectivity index (χ2n) is 6.95. The molecule has 1 aromatic heterocycles. The fraction of sp³-hybridized carbons (Fsp3) is 0.824. The molecule has 0 unspecified atom stereocenters. The van der Waals surface area contributed by atoms with Crippen molar-refractivity contribution in [2.45, 2.75) is 39.2 Å². The molecule has 26 heavy (non-hydrogen) atoms. The van der Waals surface area contributed by atoms with Crippen LogP contribution in [0.1, 0.15) is 32.1 Å². The molecule has 8 nitrogen and oxygen atoms in total. The highest BCUT2D eigenvalue weighted by atomic mass is 35.5. The van der Waals surface area contributed by atoms with Crippen LogP contribution in [-0.2, 0) is 9.53 Å². The molecule has 148 valence electrons. The number of hydrogen-bond donors (Lipinski definition) is 1. The highest BCUT2D eigenvalue weighted by Gasteiger charge is 2.35. The fourth-order valence-electron chi connectivity index (χ4n) is 3.64. The number of halogens is 1. The Morgan fingerprint density at radius 1 is 1.31 bits per heavy atom. The van der Waals surface area contributed by atoms with Crippen molar-refractivity contribution < 1.29 is 14.1 Å². The lowest BCUT2D eigenvalue weighted by molar-refractivity contribution is -0.122. The molecule has 0 saturated carbocycles. The van der Waals surface area contributed by atoms with E-state index in [0.717, 1.165) is 58.8 Å². The van der Waals surface area contributed by atoms with Gasteiger partial charge in [-0.3, -0.25) is 9.69 Å². The van der Waals surface area contributed by atoms with Crippen molar-refractivity contribution in [3.8, 4) is 0 Å². The molecule has 3 heterocycles. The number of ether oxygens (including phenoxy) is 1. The van der Waals surface area contributed by atoms with Crippen molar-refractivity contribution in [3.05, 3.63) is 5.89 Å². The summed E-state index contributed by atoms with van der Waals surface area (Å²) >= 11 is 0. The van der Waals surface area contributed by atoms with E-state index in [9.17, 15) is 4.79 Å². The first kappa shape index (κ1) is 20.9. The maximum Gasteiger partial charge on any atom is 0.266 e. The lowest BCUT2D eigenvalue weighted by atomic mass is 9.98. The zero-order chi connectivity index (χ0) is 17.6. The molecule has 2 fully saturated rings. The van der Waals surface area contributed by atoms with Crippen LogP contribution >= 0.6 is 12.4 Å². The van der Waals surface area contributed by atoms with Crippen LogP contribution in [0.2, 0.25) is 0 Å². The summed E-state index contributed by atoms with van der Waals surface area (Å²) < 4.78 is 10.4. The fourth-order valence-corrected chi connectivity index (χ4v) is 3.64. The van der Waals surface area contributed by atoms with Gasteiger partial charge in [0.1, 0.15) is 0 Å². The quantitative estimate of drug-likeness (QED) is 0.753. The summed E-state index contributed by atoms with van der Waals surface area (Å²) in [7, 11) is 0. The maximum absolute atomic E-state index is 12.4. The maximum atomic E-state index is 12.4. The van der Waals surface area contributed by atoms with Gasteiger partial charge in [-0.05, 0) is 17.5 Å². The zero-order valence-electron chi connectivity index (χ0n) is 15.6. The van der Waals surface area contributed by atoms with Gasteiger partial charge in [0.15, 0.2) is 0 Å². The van der Waals surface area contributed by atoms with Gasteiger partial charge in [-0.2, -0.15) is 4.98 Å². The third-order valence-corrected chi connectivity index (χ3v) is 5.01. The van der Waals surface area contributed by atoms with Crippen molar-refractivity contribution >= 4 is 24.3 Å². The van der Waals surface area contributed by atoms with E-state index in [2.05, 4.69) is 32.2 Å². The predicted octanol–water partition coefficient (Wildman–Crippen LogP) is 1.24. The van der Waals surface area contributed by atoms with E-state index in [1.54, 1.807) is 6.92 Å². The average Bonchev–Trinajstić information content (AvgIpc) is 3.21. The Morgan fingerprint density at radius 3 is 2.73 bits per heavy atom. The normalized spacial score (nSPS) is 23.7. The van der Waals surface area contributed by atoms with E-state index in [0.29, 0.717) is 24.2 Å². The number of aryl methyl sites for hydroxylation is 1. The predicted molar refractivity (Wildman–Crippen MR) is 101 cm³/mol. The number of anilines is 1. The number of nitrogens with one attached hydrogen (secondary N) is 1. The van der Waals surface area contributed by atoms with Crippen molar-refractivity contribution in [3.63, 3.8) is 0 Å². The van der Waals surface area contributed by atoms with Crippen molar-refractivity contribution in [2.75, 3.05) is 50.8 Å². The minimum absolute atomic E-state index is 0. The van der Waals surface area contributed by atoms with Gasteiger partial charge in [0, 0.05) is 46.1 Å². The van der Waals surface area contributed by atoms with Gasteiger partial charge < -0.3 is 19.5 Å². The third kappa shape index (κ3) is 5.56. The Bertz CT molecular complexity index is 564. The molecule has 1 amide bonds. The first-order valence-electron chi connectivity index (χ1n) is 9.30. The van der Waals surface area contributed by atoms with Crippen LogP contribution in [0.4, 0.5) is 5.95 Å². The van der Waals surface area contributed by atoms with E-state index in [1.165, 1.54) is 0 Å². The van der Waals surface area contributed by atoms with E-state index < -0.39 is 0 Å². The Labute approximate surface area is 161 Å². The van der Waals surface area contributed by atoms with Gasteiger partial charge in [0.05, 0.1) is 19.3 Å². The molecule has 2 aliphatic heterocycles. The number of amides is 1. The van der Waals surface area contributed by atoms with Crippen LogP contribution in [0, 0.1) is 12.8 Å². The molecule has 0 bridgehead atoms. The third-order valence-electron chi connectivity index (χ3n) is 5.01. The van der Waals surface area contributed by atoms with Crippen LogP contribution in [-0.4, -0.2) is 72.9 Å². The molecule has 0 spiro atoms. The second-order valence-corrected chi connectivity index (χ2v) is 6.95. The molecule has 3 rings (SSSR count). The van der Waals surface area contributed by atoms with E-state index >= 15 is 0 Å². The molecule has 0 aliphatic carbocycles. The van der Waals surface area contributed by atoms with E-state index in [4.69, 9.17) is 9.26 Å². The van der Waals surface area contributed by atoms with Crippen molar-refractivity contribution in [1.82, 2.24) is 20.4 Å². The van der Waals surface area contributed by atoms with E-state index in [1.807, 2.05) is 0 Å². The molecule has 1 aromatic rings. The first-order chi connectivity index (χ1) is 12.2. The zero-order valence-corrected chi connectivity index (χ0v) is 16.5. The lowest BCUT2D eigenvalue weighted by Gasteiger charge is -2.26. The standard InChI is InChI=1S/C17H29N5O3.ClH/c1-3-4-14-11-22(17-18-13(2)25-20-17)12-15(14)19-16(23)5-6-21-7-9-24-10-8-21;/h14-15H,3-12H2,1-2H3,(H,19,23);1H/t14-,15-;/m0./s1. The van der Waals surface area contributed by atoms with Crippen LogP contribution in [0.15, 0.2) is 4.52 Å². The van der Waals surface area contributed by atoms with Gasteiger partial charge in [0.2, 0.25) is 11.8 Å². The average molecular weight is 388 g/mol. The number of aromatic nitrogens is 2. The van der Waals surface area contributed by atoms with Gasteiger partial charge in [-0.15, -0.1) is 12.4 Å². The molecular formula is C17H30ClN5O3. The molecule has 0 radical (unpaired) electrons. The van der Waals surface area contributed by atoms with Crippen LogP contribution < -0.4 is 10.2 Å². The topological polar surface area (TPSA) is 83.7 Å². The number of nitrogens with zero attached hydrogens (tertiary/aromatic N) is 4. The Balaban J connectivity index is 0.00000243. The summed E-state index contributed by atoms with van der Waals surface area (Å²) in [6, 6.07) is 0.149. The van der Waals surface area contributed by atoms with Gasteiger partial charge in [-0.25, -0.2) is 0 Å². The molecular weight excluding hydrogens is 358 g/mol. The van der Waals surface area contributed by atoms with E-state index in [-0.39, 0.29) is 24.4 Å². The van der Waals surface area contributed by atoms with Gasteiger partial charge >= 0.3 is 0 Å². The molecule has 2 atom stereocenters. The SMILES string of the molecule is CCC[C@H]1CN(c2noc(C)n2)C[C@@H]1NC(=O)CCN1CCOCC1.Cl. The smallest absolute Gasteiger partial charge is 0.266 e. The highest BCUT2D eigenvalue weighted by molar-refractivity contribution is 5.85. The summed E-state index contributed by atoms with van der Waals surface area (Å²) in [5, 5.41) is 7.25. The highest BCUT2D eigenvalue weighted by Crippen LogP contribution is 2.25. The monoisotopic (exact) mass is 387 g/mol. The van der Waals surface area contributed by atoms with Crippen molar-refractivity contribution in [2.24, 2.45) is 5.92 Å². The van der Waals surface area contributed by atoms with Crippen LogP contribution in [0.3, 0.4) is 0 Å². The largest absolute Gasteiger partial charge is 0.379 e. The molecule has 0 aromatic carbocycles. The number of rotatable bonds is 7. The minimum Gasteiger partial charge on any atom is -0.379 e. The number of morpholine rings is 1. The number of carbonyl (C=O) groups excluding carboxylic acids is 1. The Kier molecular flexibility index (Phi) is 8.12. The first-order valence-corrected chi connectivity index (χ1v) is 9.30. The summed E-state index contributed by atoms with van der Waals surface area (Å²) in [5.41, 5.74) is 0. The second kappa shape index (κ2) is 10.1. The Morgan fingerprint density at radius 2 is 2.08 bits per heavy atom. The summed E-state index contributed by atoms with van der Waals surface area (Å²) in [4.78, 5) is 21.1. The van der Waals surface area contributed by atoms with Crippen molar-refractivity contribution in [1.29, 1.82) is 0 Å². The van der Waals surface area contributed by atoms with Gasteiger partial charge in [-0.1, -0.05) is 13.3 Å². The summed E-state index contributed by atoms with van der Waals surface area (Å²) in [6.07, 6.45) is 2.72. The minimum atomic E-state index is 0. The Hall–Kier alpha value is -1.38. The van der Waals surface area contributed by atoms with Crippen LogP contribution in [0.25, 0.3) is 0 Å². The molecule has 2 aliphatic rings. The summed E-state index contributed by atoms with van der Waals surface area (Å²) in [5.74, 6) is 1.75. The van der Waals surface area contributed by atoms with Crippen LogP contribution in [0.5, 0.6) is 0 Å². The molecule has 9 heteroatoms. The number of carbonyl (C=O) groups is 1. The molecule has 2 saturated heterocycles.